The Bertz CT molecular complexity index is 1450. The average Bonchev–Trinajstić information content (AvgIpc) is 3.27. The highest BCUT2D eigenvalue weighted by Crippen LogP contribution is 2.39. The number of fused-ring (bicyclic) bond motifs is 1. The number of para-hydroxylation sites is 1. The van der Waals surface area contributed by atoms with E-state index in [1.54, 1.807) is 29.5 Å². The van der Waals surface area contributed by atoms with Crippen LogP contribution in [-0.2, 0) is 12.4 Å². The summed E-state index contributed by atoms with van der Waals surface area (Å²) in [6.45, 7) is 0. The molecule has 5 aromatic rings. The number of nitrogens with zero attached hydrogens (tertiary/aromatic N) is 1. The molecule has 1 nitrogen and oxygen atoms in total. The molecule has 8 heteroatoms. The molecular weight excluding hydrogens is 484 g/mol. The minimum atomic E-state index is -4.90. The fourth-order valence-corrected chi connectivity index (χ4v) is 4.77. The third-order valence-electron chi connectivity index (χ3n) is 5.54. The number of hydrogen-bond acceptors (Lipinski definition) is 2. The van der Waals surface area contributed by atoms with Crippen LogP contribution in [0.25, 0.3) is 43.0 Å². The normalized spacial score (nSPS) is 12.3. The van der Waals surface area contributed by atoms with Gasteiger partial charge in [0.25, 0.3) is 0 Å². The molecule has 0 saturated carbocycles. The zero-order valence-corrected chi connectivity index (χ0v) is 18.6. The van der Waals surface area contributed by atoms with E-state index in [1.807, 2.05) is 48.5 Å². The monoisotopic (exact) mass is 499 g/mol. The van der Waals surface area contributed by atoms with Gasteiger partial charge in [0.2, 0.25) is 0 Å². The molecule has 0 fully saturated rings. The number of halogens is 6. The summed E-state index contributed by atoms with van der Waals surface area (Å²) in [6.07, 6.45) is -9.80. The minimum absolute atomic E-state index is 0.133. The lowest BCUT2D eigenvalue weighted by molar-refractivity contribution is -0.143. The van der Waals surface area contributed by atoms with Crippen LogP contribution >= 0.6 is 11.3 Å². The number of aromatic nitrogens is 1. The first kappa shape index (κ1) is 23.1. The van der Waals surface area contributed by atoms with Crippen molar-refractivity contribution in [2.45, 2.75) is 12.4 Å². The summed E-state index contributed by atoms with van der Waals surface area (Å²) >= 11 is 1.56. The van der Waals surface area contributed by atoms with Crippen LogP contribution in [0.5, 0.6) is 0 Å². The molecule has 0 saturated heterocycles. The Kier molecular flexibility index (Phi) is 5.63. The van der Waals surface area contributed by atoms with Crippen molar-refractivity contribution in [3.05, 3.63) is 102 Å². The third-order valence-corrected chi connectivity index (χ3v) is 6.63. The van der Waals surface area contributed by atoms with Gasteiger partial charge in [-0.15, -0.1) is 11.3 Å². The van der Waals surface area contributed by atoms with Gasteiger partial charge < -0.3 is 0 Å². The van der Waals surface area contributed by atoms with Crippen molar-refractivity contribution in [2.24, 2.45) is 0 Å². The first-order chi connectivity index (χ1) is 16.6. The average molecular weight is 499 g/mol. The Balaban J connectivity index is 1.51. The fourth-order valence-electron chi connectivity index (χ4n) is 3.80. The van der Waals surface area contributed by atoms with Crippen LogP contribution in [0.15, 0.2) is 91.0 Å². The van der Waals surface area contributed by atoms with E-state index in [0.717, 1.165) is 38.5 Å². The highest BCUT2D eigenvalue weighted by Gasteiger charge is 2.37. The number of thiazole rings is 1. The maximum Gasteiger partial charge on any atom is 0.416 e. The molecule has 0 spiro atoms. The predicted octanol–water partition coefficient (Wildman–Crippen LogP) is 9.33. The van der Waals surface area contributed by atoms with E-state index in [1.165, 1.54) is 6.07 Å². The van der Waals surface area contributed by atoms with Crippen LogP contribution in [0, 0.1) is 0 Å². The van der Waals surface area contributed by atoms with E-state index in [-0.39, 0.29) is 17.2 Å². The van der Waals surface area contributed by atoms with Gasteiger partial charge in [-0.2, -0.15) is 26.3 Å². The second kappa shape index (κ2) is 8.53. The summed E-state index contributed by atoms with van der Waals surface area (Å²) in [5.41, 5.74) is 0.696. The quantitative estimate of drug-likeness (QED) is 0.225. The van der Waals surface area contributed by atoms with Crippen LogP contribution in [-0.4, -0.2) is 4.98 Å². The molecule has 0 aliphatic rings. The lowest BCUT2D eigenvalue weighted by Crippen LogP contribution is -2.11. The Morgan fingerprint density at radius 1 is 0.514 bits per heavy atom. The topological polar surface area (TPSA) is 12.9 Å². The minimum Gasteiger partial charge on any atom is -0.236 e. The van der Waals surface area contributed by atoms with Gasteiger partial charge in [-0.05, 0) is 58.7 Å². The van der Waals surface area contributed by atoms with E-state index < -0.39 is 23.5 Å². The molecule has 0 atom stereocenters. The SMILES string of the molecule is FC(F)(F)c1cc(-c2cccc(-c3ccc(-c4nc5ccccc5s4)cc3)c2)cc(C(F)(F)F)c1. The van der Waals surface area contributed by atoms with Gasteiger partial charge in [-0.25, -0.2) is 4.98 Å². The largest absolute Gasteiger partial charge is 0.416 e. The maximum atomic E-state index is 13.3. The lowest BCUT2D eigenvalue weighted by atomic mass is 9.95. The fraction of sp³-hybridized carbons (Fsp3) is 0.0741. The molecule has 176 valence electrons. The predicted molar refractivity (Wildman–Crippen MR) is 126 cm³/mol. The smallest absolute Gasteiger partial charge is 0.236 e. The van der Waals surface area contributed by atoms with Crippen LogP contribution in [0.4, 0.5) is 26.3 Å². The molecule has 5 rings (SSSR count). The number of hydrogen-bond donors (Lipinski definition) is 0. The molecule has 0 amide bonds. The van der Waals surface area contributed by atoms with Gasteiger partial charge in [0.15, 0.2) is 0 Å². The molecule has 0 radical (unpaired) electrons. The maximum absolute atomic E-state index is 13.3. The van der Waals surface area contributed by atoms with Crippen molar-refractivity contribution in [2.75, 3.05) is 0 Å². The van der Waals surface area contributed by atoms with Crippen molar-refractivity contribution in [1.29, 1.82) is 0 Å². The lowest BCUT2D eigenvalue weighted by Gasteiger charge is -2.15. The van der Waals surface area contributed by atoms with Crippen molar-refractivity contribution in [3.63, 3.8) is 0 Å². The summed E-state index contributed by atoms with van der Waals surface area (Å²) in [5, 5.41) is 0.857. The van der Waals surface area contributed by atoms with Crippen LogP contribution < -0.4 is 0 Å². The highest BCUT2D eigenvalue weighted by molar-refractivity contribution is 7.21. The van der Waals surface area contributed by atoms with Gasteiger partial charge in [0, 0.05) is 5.56 Å². The molecule has 1 heterocycles. The zero-order chi connectivity index (χ0) is 24.8. The van der Waals surface area contributed by atoms with Crippen molar-refractivity contribution in [3.8, 4) is 32.8 Å². The summed E-state index contributed by atoms with van der Waals surface area (Å²) in [5.74, 6) is 0. The van der Waals surface area contributed by atoms with E-state index in [2.05, 4.69) is 4.98 Å². The first-order valence-electron chi connectivity index (χ1n) is 10.4. The summed E-state index contributed by atoms with van der Waals surface area (Å²) < 4.78 is 80.7. The zero-order valence-electron chi connectivity index (χ0n) is 17.8. The van der Waals surface area contributed by atoms with Crippen LogP contribution in [0.2, 0.25) is 0 Å². The molecule has 0 aliphatic heterocycles. The molecule has 4 aromatic carbocycles. The Morgan fingerprint density at radius 3 is 1.69 bits per heavy atom. The summed E-state index contributed by atoms with van der Waals surface area (Å²) in [6, 6.07) is 23.4. The molecule has 0 unspecified atom stereocenters. The molecular formula is C27H15F6NS. The second-order valence-electron chi connectivity index (χ2n) is 7.94. The Labute approximate surface area is 200 Å². The third kappa shape index (κ3) is 4.79. The number of alkyl halides is 6. The summed E-state index contributed by atoms with van der Waals surface area (Å²) in [7, 11) is 0. The molecule has 0 aliphatic carbocycles. The molecule has 1 aromatic heterocycles. The van der Waals surface area contributed by atoms with Gasteiger partial charge in [-0.3, -0.25) is 0 Å². The Hall–Kier alpha value is -3.65. The first-order valence-corrected chi connectivity index (χ1v) is 11.3. The van der Waals surface area contributed by atoms with Crippen molar-refractivity contribution >= 4 is 21.6 Å². The van der Waals surface area contributed by atoms with Gasteiger partial charge in [0.05, 0.1) is 21.3 Å². The number of benzene rings is 4. The van der Waals surface area contributed by atoms with E-state index in [4.69, 9.17) is 0 Å². The van der Waals surface area contributed by atoms with E-state index >= 15 is 0 Å². The standard InChI is InChI=1S/C27H15F6NS/c28-26(29,30)21-13-20(14-22(15-21)27(31,32)33)19-5-3-4-18(12-19)16-8-10-17(11-9-16)25-34-23-6-1-2-7-24(23)35-25/h1-15H. The highest BCUT2D eigenvalue weighted by atomic mass is 32.1. The van der Waals surface area contributed by atoms with Gasteiger partial charge in [-0.1, -0.05) is 54.6 Å². The second-order valence-corrected chi connectivity index (χ2v) is 8.97. The van der Waals surface area contributed by atoms with Crippen LogP contribution in [0.1, 0.15) is 11.1 Å². The number of rotatable bonds is 3. The van der Waals surface area contributed by atoms with Gasteiger partial charge >= 0.3 is 12.4 Å². The summed E-state index contributed by atoms with van der Waals surface area (Å²) in [4.78, 5) is 4.63. The molecule has 0 N–H and O–H groups in total. The van der Waals surface area contributed by atoms with Crippen molar-refractivity contribution < 1.29 is 26.3 Å². The van der Waals surface area contributed by atoms with Crippen molar-refractivity contribution in [1.82, 2.24) is 4.98 Å². The van der Waals surface area contributed by atoms with Crippen LogP contribution in [0.3, 0.4) is 0 Å². The van der Waals surface area contributed by atoms with E-state index in [0.29, 0.717) is 5.56 Å². The Morgan fingerprint density at radius 2 is 1.09 bits per heavy atom. The van der Waals surface area contributed by atoms with Gasteiger partial charge in [0.1, 0.15) is 5.01 Å². The molecule has 0 bridgehead atoms. The molecule has 35 heavy (non-hydrogen) atoms. The van der Waals surface area contributed by atoms with E-state index in [9.17, 15) is 26.3 Å².